The maximum atomic E-state index is 4.52. The van der Waals surface area contributed by atoms with Crippen molar-refractivity contribution in [3.05, 3.63) is 29.8 Å². The highest BCUT2D eigenvalue weighted by Gasteiger charge is 2.10. The van der Waals surface area contributed by atoms with Gasteiger partial charge in [-0.05, 0) is 31.0 Å². The summed E-state index contributed by atoms with van der Waals surface area (Å²) < 4.78 is 0. The van der Waals surface area contributed by atoms with E-state index in [4.69, 9.17) is 0 Å². The van der Waals surface area contributed by atoms with E-state index < -0.39 is 0 Å². The number of hydrazone groups is 1. The predicted octanol–water partition coefficient (Wildman–Crippen LogP) is 2.41. The first-order valence-electron chi connectivity index (χ1n) is 5.89. The van der Waals surface area contributed by atoms with Gasteiger partial charge in [0.25, 0.3) is 0 Å². The lowest BCUT2D eigenvalue weighted by molar-refractivity contribution is 0.159. The monoisotopic (exact) mass is 285 g/mol. The van der Waals surface area contributed by atoms with Crippen LogP contribution in [0.5, 0.6) is 0 Å². The predicted molar refractivity (Wildman–Crippen MR) is 82.1 cm³/mol. The average molecular weight is 286 g/mol. The molecule has 1 heterocycles. The van der Waals surface area contributed by atoms with Gasteiger partial charge in [0, 0.05) is 31.1 Å². The van der Waals surface area contributed by atoms with Crippen molar-refractivity contribution >= 4 is 30.4 Å². The van der Waals surface area contributed by atoms with Gasteiger partial charge in [-0.1, -0.05) is 12.1 Å². The maximum absolute atomic E-state index is 4.52. The van der Waals surface area contributed by atoms with Gasteiger partial charge in [-0.3, -0.25) is 5.01 Å². The third-order valence-corrected chi connectivity index (χ3v) is 3.71. The summed E-state index contributed by atoms with van der Waals surface area (Å²) in [5, 5.41) is 6.66. The van der Waals surface area contributed by atoms with Crippen molar-refractivity contribution in [2.45, 2.75) is 4.90 Å². The van der Waals surface area contributed by atoms with Crippen molar-refractivity contribution in [1.82, 2.24) is 9.91 Å². The van der Waals surface area contributed by atoms with Crippen molar-refractivity contribution in [1.29, 1.82) is 0 Å². The van der Waals surface area contributed by atoms with Crippen molar-refractivity contribution in [3.63, 3.8) is 0 Å². The van der Waals surface area contributed by atoms with Crippen LogP contribution in [0.1, 0.15) is 5.56 Å². The molecule has 5 heteroatoms. The number of hydrogen-bond acceptors (Lipinski definition) is 4. The van der Waals surface area contributed by atoms with E-state index in [1.54, 1.807) is 11.8 Å². The molecule has 0 amide bonds. The van der Waals surface area contributed by atoms with E-state index in [-0.39, 0.29) is 12.4 Å². The highest BCUT2D eigenvalue weighted by atomic mass is 35.5. The Morgan fingerprint density at radius 2 is 1.72 bits per heavy atom. The number of benzene rings is 1. The zero-order valence-electron chi connectivity index (χ0n) is 10.9. The standard InChI is InChI=1S/C13H19N3S.ClH/c1-15-7-9-16(10-8-15)14-11-12-3-5-13(17-2)6-4-12;/h3-6,11H,7-10H2,1-2H3;1H/b14-11+;. The summed E-state index contributed by atoms with van der Waals surface area (Å²) in [6.07, 6.45) is 4.04. The Kier molecular flexibility index (Phi) is 6.54. The fraction of sp³-hybridized carbons (Fsp3) is 0.462. The van der Waals surface area contributed by atoms with Crippen LogP contribution in [0.4, 0.5) is 0 Å². The molecule has 0 saturated carbocycles. The molecule has 1 fully saturated rings. The minimum atomic E-state index is 0. The van der Waals surface area contributed by atoms with Crippen LogP contribution in [0, 0.1) is 0 Å². The molecule has 0 unspecified atom stereocenters. The molecular formula is C13H20ClN3S. The second-order valence-corrected chi connectivity index (χ2v) is 5.15. The molecule has 1 aliphatic heterocycles. The molecule has 0 N–H and O–H groups in total. The molecule has 0 radical (unpaired) electrons. The van der Waals surface area contributed by atoms with Gasteiger partial charge in [-0.15, -0.1) is 24.2 Å². The zero-order chi connectivity index (χ0) is 12.1. The first-order valence-corrected chi connectivity index (χ1v) is 7.12. The number of thioether (sulfide) groups is 1. The summed E-state index contributed by atoms with van der Waals surface area (Å²) >= 11 is 1.76. The van der Waals surface area contributed by atoms with Gasteiger partial charge in [-0.25, -0.2) is 0 Å². The molecule has 0 spiro atoms. The van der Waals surface area contributed by atoms with Crippen molar-refractivity contribution < 1.29 is 0 Å². The van der Waals surface area contributed by atoms with Gasteiger partial charge in [0.05, 0.1) is 6.21 Å². The fourth-order valence-electron chi connectivity index (χ4n) is 1.75. The van der Waals surface area contributed by atoms with Crippen LogP contribution in [-0.4, -0.2) is 55.6 Å². The topological polar surface area (TPSA) is 18.8 Å². The quantitative estimate of drug-likeness (QED) is 0.628. The molecule has 0 aromatic heterocycles. The molecule has 2 rings (SSSR count). The van der Waals surface area contributed by atoms with Crippen molar-refractivity contribution in [3.8, 4) is 0 Å². The van der Waals surface area contributed by atoms with Gasteiger partial charge in [-0.2, -0.15) is 5.10 Å². The Hall–Kier alpha value is -0.710. The minimum absolute atomic E-state index is 0. The number of hydrogen-bond donors (Lipinski definition) is 0. The van der Waals surface area contributed by atoms with E-state index >= 15 is 0 Å². The third-order valence-electron chi connectivity index (χ3n) is 2.97. The zero-order valence-corrected chi connectivity index (χ0v) is 12.5. The first-order chi connectivity index (χ1) is 8.28. The number of rotatable bonds is 3. The summed E-state index contributed by atoms with van der Waals surface area (Å²) in [5.74, 6) is 0. The molecule has 0 atom stereocenters. The Morgan fingerprint density at radius 3 is 2.28 bits per heavy atom. The average Bonchev–Trinajstić information content (AvgIpc) is 2.39. The molecule has 3 nitrogen and oxygen atoms in total. The highest BCUT2D eigenvalue weighted by molar-refractivity contribution is 7.98. The minimum Gasteiger partial charge on any atom is -0.303 e. The Labute approximate surface area is 120 Å². The van der Waals surface area contributed by atoms with E-state index in [0.717, 1.165) is 26.2 Å². The Morgan fingerprint density at radius 1 is 1.11 bits per heavy atom. The van der Waals surface area contributed by atoms with Crippen LogP contribution in [0.25, 0.3) is 0 Å². The van der Waals surface area contributed by atoms with Gasteiger partial charge in [0.2, 0.25) is 0 Å². The van der Waals surface area contributed by atoms with E-state index in [0.29, 0.717) is 0 Å². The van der Waals surface area contributed by atoms with E-state index in [9.17, 15) is 0 Å². The third kappa shape index (κ3) is 4.52. The first kappa shape index (κ1) is 15.3. The van der Waals surface area contributed by atoms with Gasteiger partial charge < -0.3 is 4.90 Å². The van der Waals surface area contributed by atoms with Crippen LogP contribution in [0.3, 0.4) is 0 Å². The molecule has 1 saturated heterocycles. The molecule has 1 aromatic carbocycles. The molecule has 18 heavy (non-hydrogen) atoms. The van der Waals surface area contributed by atoms with Gasteiger partial charge in [0.1, 0.15) is 0 Å². The molecule has 1 aliphatic rings. The summed E-state index contributed by atoms with van der Waals surface area (Å²) in [4.78, 5) is 3.63. The van der Waals surface area contributed by atoms with Crippen molar-refractivity contribution in [2.75, 3.05) is 39.5 Å². The maximum Gasteiger partial charge on any atom is 0.0542 e. The highest BCUT2D eigenvalue weighted by Crippen LogP contribution is 2.14. The normalized spacial score (nSPS) is 16.9. The summed E-state index contributed by atoms with van der Waals surface area (Å²) in [5.41, 5.74) is 1.17. The van der Waals surface area contributed by atoms with Crippen LogP contribution in [0.2, 0.25) is 0 Å². The van der Waals surface area contributed by atoms with Crippen LogP contribution in [-0.2, 0) is 0 Å². The van der Waals surface area contributed by atoms with E-state index in [2.05, 4.69) is 52.6 Å². The van der Waals surface area contributed by atoms with E-state index in [1.165, 1.54) is 10.5 Å². The fourth-order valence-corrected chi connectivity index (χ4v) is 2.16. The smallest absolute Gasteiger partial charge is 0.0542 e. The second kappa shape index (κ2) is 7.67. The SMILES string of the molecule is CSc1ccc(/C=N/N2CCN(C)CC2)cc1.Cl. The molecular weight excluding hydrogens is 266 g/mol. The van der Waals surface area contributed by atoms with Crippen LogP contribution in [0.15, 0.2) is 34.3 Å². The molecule has 0 bridgehead atoms. The Bertz CT molecular complexity index is 372. The largest absolute Gasteiger partial charge is 0.303 e. The lowest BCUT2D eigenvalue weighted by Gasteiger charge is -2.30. The summed E-state index contributed by atoms with van der Waals surface area (Å²) in [6.45, 7) is 4.25. The number of halogens is 1. The molecule has 1 aromatic rings. The summed E-state index contributed by atoms with van der Waals surface area (Å²) in [6, 6.07) is 8.50. The number of nitrogens with zero attached hydrogens (tertiary/aromatic N) is 3. The van der Waals surface area contributed by atoms with Gasteiger partial charge in [0.15, 0.2) is 0 Å². The second-order valence-electron chi connectivity index (χ2n) is 4.27. The summed E-state index contributed by atoms with van der Waals surface area (Å²) in [7, 11) is 2.15. The number of piperazine rings is 1. The lowest BCUT2D eigenvalue weighted by atomic mass is 10.2. The van der Waals surface area contributed by atoms with Crippen molar-refractivity contribution in [2.24, 2.45) is 5.10 Å². The Balaban J connectivity index is 0.00000162. The van der Waals surface area contributed by atoms with Gasteiger partial charge >= 0.3 is 0 Å². The van der Waals surface area contributed by atoms with Crippen LogP contribution < -0.4 is 0 Å². The number of likely N-dealkylation sites (N-methyl/N-ethyl adjacent to an activating group) is 1. The molecule has 0 aliphatic carbocycles. The van der Waals surface area contributed by atoms with E-state index in [1.807, 2.05) is 6.21 Å². The molecule has 100 valence electrons. The van der Waals surface area contributed by atoms with Crippen LogP contribution >= 0.6 is 24.2 Å². The lowest BCUT2D eigenvalue weighted by Crippen LogP contribution is -2.41.